The Labute approximate surface area is 144 Å². The molecule has 0 saturated carbocycles. The second-order valence-corrected chi connectivity index (χ2v) is 6.72. The van der Waals surface area contributed by atoms with Crippen molar-refractivity contribution in [2.75, 3.05) is 11.1 Å². The van der Waals surface area contributed by atoms with E-state index in [1.807, 2.05) is 18.2 Å². The van der Waals surface area contributed by atoms with Crippen molar-refractivity contribution in [3.8, 4) is 0 Å². The molecule has 1 aromatic heterocycles. The first-order valence-corrected chi connectivity index (χ1v) is 9.06. The zero-order chi connectivity index (χ0) is 15.9. The van der Waals surface area contributed by atoms with E-state index in [4.69, 9.17) is 0 Å². The van der Waals surface area contributed by atoms with Gasteiger partial charge in [-0.1, -0.05) is 43.8 Å². The number of para-hydroxylation sites is 1. The van der Waals surface area contributed by atoms with Crippen LogP contribution in [0.4, 0.5) is 5.69 Å². The molecule has 116 valence electrons. The van der Waals surface area contributed by atoms with Gasteiger partial charge in [0.2, 0.25) is 5.91 Å². The van der Waals surface area contributed by atoms with Crippen LogP contribution in [-0.4, -0.2) is 16.6 Å². The van der Waals surface area contributed by atoms with E-state index in [1.54, 1.807) is 6.20 Å². The Balaban J connectivity index is 2.01. The molecule has 0 unspecified atom stereocenters. The fourth-order valence-electron chi connectivity index (χ4n) is 2.17. The number of nitrogens with one attached hydrogen (secondary N) is 1. The summed E-state index contributed by atoms with van der Waals surface area (Å²) in [6.45, 7) is 4.20. The first-order chi connectivity index (χ1) is 10.6. The molecule has 2 rings (SSSR count). The normalized spacial score (nSPS) is 10.5. The van der Waals surface area contributed by atoms with Crippen LogP contribution in [-0.2, 0) is 17.6 Å². The number of nitrogens with zero attached hydrogens (tertiary/aromatic N) is 1. The smallest absolute Gasteiger partial charge is 0.234 e. The zero-order valence-corrected chi connectivity index (χ0v) is 15.1. The van der Waals surface area contributed by atoms with E-state index in [2.05, 4.69) is 52.2 Å². The summed E-state index contributed by atoms with van der Waals surface area (Å²) in [5.74, 6) is 0.362. The Bertz CT molecular complexity index is 621. The van der Waals surface area contributed by atoms with Gasteiger partial charge in [0.25, 0.3) is 0 Å². The minimum Gasteiger partial charge on any atom is -0.325 e. The second kappa shape index (κ2) is 8.34. The molecule has 3 nitrogen and oxygen atoms in total. The van der Waals surface area contributed by atoms with Crippen LogP contribution < -0.4 is 5.32 Å². The monoisotopic (exact) mass is 378 g/mol. The maximum atomic E-state index is 12.2. The summed E-state index contributed by atoms with van der Waals surface area (Å²) >= 11 is 4.79. The fourth-order valence-corrected chi connectivity index (χ4v) is 3.04. The van der Waals surface area contributed by atoms with Gasteiger partial charge in [-0.05, 0) is 52.0 Å². The number of carbonyl (C=O) groups is 1. The molecular formula is C17H19BrN2OS. The molecular weight excluding hydrogens is 360 g/mol. The molecule has 1 aromatic carbocycles. The molecule has 0 aliphatic rings. The van der Waals surface area contributed by atoms with Gasteiger partial charge in [-0.15, -0.1) is 0 Å². The Hall–Kier alpha value is -1.33. The van der Waals surface area contributed by atoms with E-state index in [-0.39, 0.29) is 5.91 Å². The maximum Gasteiger partial charge on any atom is 0.234 e. The van der Waals surface area contributed by atoms with Crippen LogP contribution in [0, 0.1) is 0 Å². The van der Waals surface area contributed by atoms with Crippen LogP contribution in [0.5, 0.6) is 0 Å². The van der Waals surface area contributed by atoms with Crippen molar-refractivity contribution in [2.45, 2.75) is 31.7 Å². The molecule has 5 heteroatoms. The molecule has 0 aliphatic heterocycles. The topological polar surface area (TPSA) is 42.0 Å². The van der Waals surface area contributed by atoms with Crippen LogP contribution in [0.1, 0.15) is 25.0 Å². The van der Waals surface area contributed by atoms with Crippen LogP contribution >= 0.6 is 27.7 Å². The number of pyridine rings is 1. The summed E-state index contributed by atoms with van der Waals surface area (Å²) in [4.78, 5) is 16.5. The first kappa shape index (κ1) is 17.0. The molecule has 0 spiro atoms. The van der Waals surface area contributed by atoms with E-state index < -0.39 is 0 Å². The largest absolute Gasteiger partial charge is 0.325 e. The lowest BCUT2D eigenvalue weighted by molar-refractivity contribution is -0.113. The van der Waals surface area contributed by atoms with Crippen molar-refractivity contribution >= 4 is 39.3 Å². The quantitative estimate of drug-likeness (QED) is 0.740. The van der Waals surface area contributed by atoms with E-state index in [9.17, 15) is 4.79 Å². The van der Waals surface area contributed by atoms with Gasteiger partial charge >= 0.3 is 0 Å². The van der Waals surface area contributed by atoms with Crippen LogP contribution in [0.25, 0.3) is 0 Å². The Morgan fingerprint density at radius 1 is 1.18 bits per heavy atom. The highest BCUT2D eigenvalue weighted by molar-refractivity contribution is 9.10. The van der Waals surface area contributed by atoms with Crippen molar-refractivity contribution in [1.29, 1.82) is 0 Å². The third-order valence-corrected chi connectivity index (χ3v) is 4.73. The molecule has 1 heterocycles. The number of thioether (sulfide) groups is 1. The van der Waals surface area contributed by atoms with Gasteiger partial charge in [-0.2, -0.15) is 0 Å². The number of hydrogen-bond donors (Lipinski definition) is 1. The lowest BCUT2D eigenvalue weighted by Crippen LogP contribution is -2.16. The number of halogens is 1. The molecule has 0 fully saturated rings. The molecule has 0 saturated heterocycles. The molecule has 0 bridgehead atoms. The average Bonchev–Trinajstić information content (AvgIpc) is 2.54. The number of aromatic nitrogens is 1. The lowest BCUT2D eigenvalue weighted by Gasteiger charge is -2.14. The number of benzene rings is 1. The van der Waals surface area contributed by atoms with Gasteiger partial charge in [-0.3, -0.25) is 4.79 Å². The van der Waals surface area contributed by atoms with Crippen molar-refractivity contribution < 1.29 is 4.79 Å². The molecule has 2 aromatic rings. The van der Waals surface area contributed by atoms with E-state index in [0.29, 0.717) is 5.75 Å². The third kappa shape index (κ3) is 4.58. The minimum atomic E-state index is 0.00492. The van der Waals surface area contributed by atoms with Crippen molar-refractivity contribution in [2.24, 2.45) is 0 Å². The zero-order valence-electron chi connectivity index (χ0n) is 12.7. The summed E-state index contributed by atoms with van der Waals surface area (Å²) in [6.07, 6.45) is 3.55. The Morgan fingerprint density at radius 2 is 1.86 bits per heavy atom. The summed E-state index contributed by atoms with van der Waals surface area (Å²) in [7, 11) is 0. The predicted molar refractivity (Wildman–Crippen MR) is 96.5 cm³/mol. The van der Waals surface area contributed by atoms with E-state index in [1.165, 1.54) is 22.9 Å². The molecule has 0 radical (unpaired) electrons. The summed E-state index contributed by atoms with van der Waals surface area (Å²) in [5.41, 5.74) is 3.33. The summed E-state index contributed by atoms with van der Waals surface area (Å²) in [5, 5.41) is 3.91. The number of amides is 1. The number of aryl methyl sites for hydroxylation is 2. The van der Waals surface area contributed by atoms with Gasteiger partial charge in [0.1, 0.15) is 0 Å². The van der Waals surface area contributed by atoms with Crippen LogP contribution in [0.2, 0.25) is 0 Å². The first-order valence-electron chi connectivity index (χ1n) is 7.29. The van der Waals surface area contributed by atoms with Crippen molar-refractivity contribution in [1.82, 2.24) is 4.98 Å². The lowest BCUT2D eigenvalue weighted by atomic mass is 10.0. The van der Waals surface area contributed by atoms with Gasteiger partial charge in [0, 0.05) is 16.4 Å². The molecule has 1 N–H and O–H groups in total. The number of rotatable bonds is 6. The second-order valence-electron chi connectivity index (χ2n) is 4.81. The fraction of sp³-hybridized carbons (Fsp3) is 0.294. The molecule has 0 atom stereocenters. The van der Waals surface area contributed by atoms with Gasteiger partial charge < -0.3 is 5.32 Å². The highest BCUT2D eigenvalue weighted by atomic mass is 79.9. The van der Waals surface area contributed by atoms with Gasteiger partial charge in [-0.25, -0.2) is 4.98 Å². The Kier molecular flexibility index (Phi) is 6.46. The highest BCUT2D eigenvalue weighted by Gasteiger charge is 2.10. The maximum absolute atomic E-state index is 12.2. The number of hydrogen-bond acceptors (Lipinski definition) is 3. The predicted octanol–water partition coefficient (Wildman–Crippen LogP) is 4.70. The molecule has 1 amide bonds. The highest BCUT2D eigenvalue weighted by Crippen LogP contribution is 2.23. The Morgan fingerprint density at radius 3 is 2.41 bits per heavy atom. The molecule has 0 aliphatic carbocycles. The van der Waals surface area contributed by atoms with Gasteiger partial charge in [0.15, 0.2) is 0 Å². The van der Waals surface area contributed by atoms with Crippen LogP contribution in [0.15, 0.2) is 46.0 Å². The standard InChI is InChI=1S/C17H19BrN2OS/c1-3-12-6-5-7-13(4-2)17(12)20-15(21)11-22-16-9-8-14(18)10-19-16/h5-10H,3-4,11H2,1-2H3,(H,20,21). The van der Waals surface area contributed by atoms with Crippen molar-refractivity contribution in [3.05, 3.63) is 52.1 Å². The molecule has 22 heavy (non-hydrogen) atoms. The SMILES string of the molecule is CCc1cccc(CC)c1NC(=O)CSc1ccc(Br)cn1. The van der Waals surface area contributed by atoms with Gasteiger partial charge in [0.05, 0.1) is 10.8 Å². The van der Waals surface area contributed by atoms with Crippen molar-refractivity contribution in [3.63, 3.8) is 0 Å². The summed E-state index contributed by atoms with van der Waals surface area (Å²) in [6, 6.07) is 10.0. The summed E-state index contributed by atoms with van der Waals surface area (Å²) < 4.78 is 0.936. The number of anilines is 1. The number of carbonyl (C=O) groups excluding carboxylic acids is 1. The van der Waals surface area contributed by atoms with E-state index >= 15 is 0 Å². The minimum absolute atomic E-state index is 0.00492. The average molecular weight is 379 g/mol. The van der Waals surface area contributed by atoms with Crippen LogP contribution in [0.3, 0.4) is 0 Å². The third-order valence-electron chi connectivity index (χ3n) is 3.31. The van der Waals surface area contributed by atoms with E-state index in [0.717, 1.165) is 28.0 Å².